The molecule has 0 N–H and O–H groups in total. The lowest BCUT2D eigenvalue weighted by Crippen LogP contribution is -2.20. The predicted octanol–water partition coefficient (Wildman–Crippen LogP) is 3.18. The molecule has 1 heterocycles. The molecule has 146 valence electrons. The van der Waals surface area contributed by atoms with Crippen molar-refractivity contribution in [3.05, 3.63) is 47.5 Å². The number of fused-ring (bicyclic) bond motifs is 1. The van der Waals surface area contributed by atoms with Crippen molar-refractivity contribution < 1.29 is 33.3 Å². The Bertz CT molecular complexity index is 915. The van der Waals surface area contributed by atoms with E-state index >= 15 is 0 Å². The summed E-state index contributed by atoms with van der Waals surface area (Å²) in [5.74, 6) is 0.243. The van der Waals surface area contributed by atoms with Crippen LogP contribution in [0.15, 0.2) is 36.4 Å². The molecule has 0 bridgehead atoms. The van der Waals surface area contributed by atoms with E-state index in [9.17, 15) is 14.4 Å². The zero-order valence-corrected chi connectivity index (χ0v) is 15.8. The van der Waals surface area contributed by atoms with Crippen molar-refractivity contribution in [1.82, 2.24) is 0 Å². The maximum absolute atomic E-state index is 11.5. The molecule has 1 aliphatic rings. The molecular weight excluding hydrogens is 364 g/mol. The number of esters is 3. The largest absolute Gasteiger partial charge is 0.492 e. The van der Waals surface area contributed by atoms with Crippen molar-refractivity contribution in [1.29, 1.82) is 0 Å². The van der Waals surface area contributed by atoms with Crippen LogP contribution in [0.3, 0.4) is 0 Å². The molecule has 7 nitrogen and oxygen atoms in total. The Balaban J connectivity index is 1.87. The maximum atomic E-state index is 11.5. The van der Waals surface area contributed by atoms with Crippen LogP contribution in [0.1, 0.15) is 37.8 Å². The van der Waals surface area contributed by atoms with E-state index < -0.39 is 11.9 Å². The SMILES string of the molecule is CC(=O)Oc1ccc(C2COc3cc(OC(C)=O)cc(OC(C)=O)c3C2)cc1. The van der Waals surface area contributed by atoms with Crippen molar-refractivity contribution in [3.63, 3.8) is 0 Å². The quantitative estimate of drug-likeness (QED) is 0.591. The van der Waals surface area contributed by atoms with Crippen LogP contribution < -0.4 is 18.9 Å². The standard InChI is InChI=1S/C21H20O7/c1-12(22)26-17-6-4-15(5-7-17)16-8-19-20(25-11-16)9-18(27-13(2)23)10-21(19)28-14(3)24/h4-7,9-10,16H,8,11H2,1-3H3. The average Bonchev–Trinajstić information content (AvgIpc) is 2.60. The Kier molecular flexibility index (Phi) is 5.63. The summed E-state index contributed by atoms with van der Waals surface area (Å²) in [6, 6.07) is 10.3. The second-order valence-corrected chi connectivity index (χ2v) is 6.46. The van der Waals surface area contributed by atoms with Gasteiger partial charge in [0.25, 0.3) is 0 Å². The number of carbonyl (C=O) groups is 3. The van der Waals surface area contributed by atoms with Crippen LogP contribution in [-0.4, -0.2) is 24.5 Å². The summed E-state index contributed by atoms with van der Waals surface area (Å²) in [6.45, 7) is 4.35. The number of hydrogen-bond donors (Lipinski definition) is 0. The summed E-state index contributed by atoms with van der Waals surface area (Å²) in [7, 11) is 0. The van der Waals surface area contributed by atoms with E-state index in [1.165, 1.54) is 26.8 Å². The van der Waals surface area contributed by atoms with Gasteiger partial charge in [0.2, 0.25) is 0 Å². The number of carbonyl (C=O) groups excluding carboxylic acids is 3. The first-order valence-corrected chi connectivity index (χ1v) is 8.76. The van der Waals surface area contributed by atoms with Crippen molar-refractivity contribution in [3.8, 4) is 23.0 Å². The summed E-state index contributed by atoms with van der Waals surface area (Å²) in [5.41, 5.74) is 1.73. The fourth-order valence-corrected chi connectivity index (χ4v) is 3.08. The lowest BCUT2D eigenvalue weighted by Gasteiger charge is -2.27. The number of ether oxygens (including phenoxy) is 4. The van der Waals surface area contributed by atoms with Crippen LogP contribution >= 0.6 is 0 Å². The normalized spacial score (nSPS) is 15.0. The minimum absolute atomic E-state index is 0.0211. The molecule has 2 aromatic carbocycles. The van der Waals surface area contributed by atoms with Gasteiger partial charge in [0.15, 0.2) is 0 Å². The number of rotatable bonds is 4. The zero-order valence-electron chi connectivity index (χ0n) is 15.8. The highest BCUT2D eigenvalue weighted by molar-refractivity contribution is 5.73. The number of hydrogen-bond acceptors (Lipinski definition) is 7. The molecule has 0 aromatic heterocycles. The first-order valence-electron chi connectivity index (χ1n) is 8.76. The topological polar surface area (TPSA) is 88.1 Å². The second kappa shape index (κ2) is 8.12. The Hall–Kier alpha value is -3.35. The summed E-state index contributed by atoms with van der Waals surface area (Å²) in [4.78, 5) is 33.8. The minimum Gasteiger partial charge on any atom is -0.492 e. The maximum Gasteiger partial charge on any atom is 0.308 e. The Labute approximate surface area is 162 Å². The van der Waals surface area contributed by atoms with E-state index in [4.69, 9.17) is 18.9 Å². The van der Waals surface area contributed by atoms with Crippen LogP contribution in [0.5, 0.6) is 23.0 Å². The molecule has 0 saturated carbocycles. The minimum atomic E-state index is -0.477. The molecule has 0 radical (unpaired) electrons. The first-order chi connectivity index (χ1) is 13.3. The van der Waals surface area contributed by atoms with Crippen LogP contribution in [0.4, 0.5) is 0 Å². The summed E-state index contributed by atoms with van der Waals surface area (Å²) in [5, 5.41) is 0. The lowest BCUT2D eigenvalue weighted by molar-refractivity contribution is -0.133. The molecule has 1 atom stereocenters. The fourth-order valence-electron chi connectivity index (χ4n) is 3.08. The van der Waals surface area contributed by atoms with Gasteiger partial charge in [0, 0.05) is 44.4 Å². The van der Waals surface area contributed by atoms with Gasteiger partial charge in [-0.2, -0.15) is 0 Å². The first kappa shape index (κ1) is 19.4. The Morgan fingerprint density at radius 1 is 0.857 bits per heavy atom. The van der Waals surface area contributed by atoms with Gasteiger partial charge in [0.1, 0.15) is 23.0 Å². The zero-order chi connectivity index (χ0) is 20.3. The van der Waals surface area contributed by atoms with E-state index in [0.29, 0.717) is 30.3 Å². The van der Waals surface area contributed by atoms with Gasteiger partial charge in [-0.05, 0) is 24.1 Å². The highest BCUT2D eigenvalue weighted by Gasteiger charge is 2.26. The van der Waals surface area contributed by atoms with Gasteiger partial charge < -0.3 is 18.9 Å². The van der Waals surface area contributed by atoms with Gasteiger partial charge >= 0.3 is 17.9 Å². The van der Waals surface area contributed by atoms with Crippen LogP contribution in [0.25, 0.3) is 0 Å². The van der Waals surface area contributed by atoms with E-state index in [2.05, 4.69) is 0 Å². The summed E-state index contributed by atoms with van der Waals surface area (Å²) >= 11 is 0. The van der Waals surface area contributed by atoms with E-state index in [-0.39, 0.29) is 17.6 Å². The highest BCUT2D eigenvalue weighted by Crippen LogP contribution is 2.41. The molecule has 7 heteroatoms. The van der Waals surface area contributed by atoms with E-state index in [1.807, 2.05) is 12.1 Å². The molecule has 1 aliphatic heterocycles. The average molecular weight is 384 g/mol. The molecule has 2 aromatic rings. The van der Waals surface area contributed by atoms with Crippen molar-refractivity contribution >= 4 is 17.9 Å². The second-order valence-electron chi connectivity index (χ2n) is 6.46. The van der Waals surface area contributed by atoms with Crippen LogP contribution in [0, 0.1) is 0 Å². The van der Waals surface area contributed by atoms with Crippen molar-refractivity contribution in [2.24, 2.45) is 0 Å². The van der Waals surface area contributed by atoms with Gasteiger partial charge in [-0.3, -0.25) is 14.4 Å². The molecule has 0 aliphatic carbocycles. The molecule has 0 amide bonds. The van der Waals surface area contributed by atoms with Crippen molar-refractivity contribution in [2.45, 2.75) is 33.1 Å². The molecule has 0 fully saturated rings. The molecular formula is C21H20O7. The smallest absolute Gasteiger partial charge is 0.308 e. The molecule has 1 unspecified atom stereocenters. The van der Waals surface area contributed by atoms with Gasteiger partial charge in [-0.25, -0.2) is 0 Å². The van der Waals surface area contributed by atoms with E-state index in [1.54, 1.807) is 18.2 Å². The molecule has 28 heavy (non-hydrogen) atoms. The summed E-state index contributed by atoms with van der Waals surface area (Å²) < 4.78 is 21.3. The van der Waals surface area contributed by atoms with Crippen LogP contribution in [0.2, 0.25) is 0 Å². The Morgan fingerprint density at radius 2 is 1.46 bits per heavy atom. The fraction of sp³-hybridized carbons (Fsp3) is 0.286. The third-order valence-electron chi connectivity index (χ3n) is 4.16. The molecule has 0 saturated heterocycles. The highest BCUT2D eigenvalue weighted by atomic mass is 16.5. The van der Waals surface area contributed by atoms with Crippen LogP contribution in [-0.2, 0) is 20.8 Å². The molecule has 3 rings (SSSR count). The van der Waals surface area contributed by atoms with Gasteiger partial charge in [0.05, 0.1) is 6.61 Å². The third-order valence-corrected chi connectivity index (χ3v) is 4.16. The number of benzene rings is 2. The van der Waals surface area contributed by atoms with Gasteiger partial charge in [-0.1, -0.05) is 12.1 Å². The van der Waals surface area contributed by atoms with E-state index in [0.717, 1.165) is 11.1 Å². The monoisotopic (exact) mass is 384 g/mol. The summed E-state index contributed by atoms with van der Waals surface area (Å²) in [6.07, 6.45) is 0.575. The van der Waals surface area contributed by atoms with Gasteiger partial charge in [-0.15, -0.1) is 0 Å². The lowest BCUT2D eigenvalue weighted by atomic mass is 9.90. The Morgan fingerprint density at radius 3 is 2.07 bits per heavy atom. The predicted molar refractivity (Wildman–Crippen MR) is 98.8 cm³/mol. The third kappa shape index (κ3) is 4.68. The molecule has 0 spiro atoms. The van der Waals surface area contributed by atoms with Crippen molar-refractivity contribution in [2.75, 3.05) is 6.61 Å².